The van der Waals surface area contributed by atoms with Crippen LogP contribution in [0.2, 0.25) is 0 Å². The first-order chi connectivity index (χ1) is 16.8. The topological polar surface area (TPSA) is 28.2 Å². The van der Waals surface area contributed by atoms with Crippen LogP contribution in [-0.2, 0) is 0 Å². The van der Waals surface area contributed by atoms with Gasteiger partial charge in [-0.3, -0.25) is 0 Å². The minimum Gasteiger partial charge on any atom is -0.662 e. The van der Waals surface area contributed by atoms with Gasteiger partial charge in [-0.05, 0) is 0 Å². The molecule has 0 radical (unpaired) electrons. The van der Waals surface area contributed by atoms with Crippen LogP contribution in [0.4, 0.5) is 0 Å². The number of hydrogen-bond donors (Lipinski definition) is 0. The molecule has 0 fully saturated rings. The van der Waals surface area contributed by atoms with E-state index in [2.05, 4.69) is 38.3 Å². The van der Waals surface area contributed by atoms with Gasteiger partial charge >= 0.3 is 23.1 Å². The Morgan fingerprint density at radius 3 is 0.629 bits per heavy atom. The summed E-state index contributed by atoms with van der Waals surface area (Å²) < 4.78 is 0. The molecule has 0 aliphatic rings. The zero-order chi connectivity index (χ0) is 25.2. The molecule has 0 unspecified atom stereocenters. The molecule has 0 spiro atoms. The molecule has 0 aliphatic carbocycles. The second-order valence-corrected chi connectivity index (χ2v) is 10.4. The summed E-state index contributed by atoms with van der Waals surface area (Å²) in [6.07, 6.45) is 33.2. The van der Waals surface area contributed by atoms with Crippen molar-refractivity contribution in [2.45, 2.75) is 182 Å². The summed E-state index contributed by atoms with van der Waals surface area (Å²) in [6, 6.07) is 0. The van der Waals surface area contributed by atoms with Gasteiger partial charge in [0.1, 0.15) is 0 Å². The minimum atomic E-state index is 0. The van der Waals surface area contributed by atoms with Crippen LogP contribution in [0.15, 0.2) is 0 Å². The number of unbranched alkanes of at least 4 members (excludes halogenated alkanes) is 20. The van der Waals surface area contributed by atoms with Gasteiger partial charge in [-0.1, -0.05) is 182 Å². The second kappa shape index (κ2) is 41.8. The second-order valence-electron chi connectivity index (χ2n) is 10.4. The average Bonchev–Trinajstić information content (AvgIpc) is 2.85. The first-order valence-electron chi connectivity index (χ1n) is 16.1. The van der Waals surface area contributed by atoms with Gasteiger partial charge in [0, 0.05) is 0 Å². The largest absolute Gasteiger partial charge is 2.00 e. The maximum atomic E-state index is 4.61. The summed E-state index contributed by atoms with van der Waals surface area (Å²) in [7, 11) is 0. The van der Waals surface area contributed by atoms with Crippen molar-refractivity contribution in [1.29, 1.82) is 0 Å². The van der Waals surface area contributed by atoms with Crippen LogP contribution in [0, 0.1) is 0 Å². The van der Waals surface area contributed by atoms with Gasteiger partial charge in [-0.2, -0.15) is 0 Å². The zero-order valence-electron chi connectivity index (χ0n) is 25.4. The molecule has 0 amide bonds. The van der Waals surface area contributed by atoms with E-state index in [1.165, 1.54) is 154 Å². The van der Waals surface area contributed by atoms with Crippen molar-refractivity contribution in [2.75, 3.05) is 26.2 Å². The average molecular weight is 505 g/mol. The van der Waals surface area contributed by atoms with E-state index < -0.39 is 0 Å². The standard InChI is InChI=1S/2C16H34N.Mg/c2*1-3-5-7-9-11-13-15-17-16-14-12-10-8-6-4-2;/h2*3-16H2,1-2H3;/q2*-1;+2. The quantitative estimate of drug-likeness (QED) is 0.0748. The SMILES string of the molecule is CCCCCCCC[N-]CCCCCCCC.CCCCCCCC[N-]CCCCCCCC.[Mg+2]. The number of nitrogens with zero attached hydrogens (tertiary/aromatic N) is 2. The van der Waals surface area contributed by atoms with Crippen molar-refractivity contribution in [3.8, 4) is 0 Å². The predicted molar refractivity (Wildman–Crippen MR) is 165 cm³/mol. The Kier molecular flexibility index (Phi) is 48.0. The fourth-order valence-electron chi connectivity index (χ4n) is 4.24. The van der Waals surface area contributed by atoms with Gasteiger partial charge in [-0.25, -0.2) is 0 Å². The van der Waals surface area contributed by atoms with Crippen LogP contribution in [0.5, 0.6) is 0 Å². The van der Waals surface area contributed by atoms with E-state index in [0.717, 1.165) is 26.2 Å². The van der Waals surface area contributed by atoms with Gasteiger partial charge in [-0.15, -0.1) is 26.2 Å². The van der Waals surface area contributed by atoms with Crippen molar-refractivity contribution in [3.63, 3.8) is 0 Å². The van der Waals surface area contributed by atoms with Crippen molar-refractivity contribution in [1.82, 2.24) is 0 Å². The third-order valence-electron chi connectivity index (χ3n) is 6.68. The molecule has 0 saturated carbocycles. The van der Waals surface area contributed by atoms with Crippen molar-refractivity contribution >= 4 is 23.1 Å². The first-order valence-corrected chi connectivity index (χ1v) is 16.1. The van der Waals surface area contributed by atoms with Crippen LogP contribution in [0.25, 0.3) is 10.6 Å². The Morgan fingerprint density at radius 2 is 0.429 bits per heavy atom. The molecule has 0 rings (SSSR count). The van der Waals surface area contributed by atoms with E-state index >= 15 is 0 Å². The normalized spacial score (nSPS) is 10.6. The number of rotatable bonds is 28. The molecular formula is C32H68MgN2. The molecule has 0 bridgehead atoms. The molecule has 35 heavy (non-hydrogen) atoms. The van der Waals surface area contributed by atoms with Gasteiger partial charge in [0.25, 0.3) is 0 Å². The molecule has 3 heteroatoms. The van der Waals surface area contributed by atoms with E-state index in [-0.39, 0.29) is 23.1 Å². The van der Waals surface area contributed by atoms with Crippen molar-refractivity contribution < 1.29 is 0 Å². The van der Waals surface area contributed by atoms with Crippen molar-refractivity contribution in [3.05, 3.63) is 10.6 Å². The summed E-state index contributed by atoms with van der Waals surface area (Å²) in [6.45, 7) is 13.5. The Bertz CT molecular complexity index is 254. The van der Waals surface area contributed by atoms with Crippen LogP contribution in [0.3, 0.4) is 0 Å². The van der Waals surface area contributed by atoms with Gasteiger partial charge in [0.15, 0.2) is 0 Å². The van der Waals surface area contributed by atoms with E-state index in [0.29, 0.717) is 0 Å². The molecule has 0 aromatic heterocycles. The summed E-state index contributed by atoms with van der Waals surface area (Å²) in [4.78, 5) is 0. The summed E-state index contributed by atoms with van der Waals surface area (Å²) in [5.41, 5.74) is 0. The van der Waals surface area contributed by atoms with Crippen LogP contribution >= 0.6 is 0 Å². The molecule has 0 aromatic carbocycles. The minimum absolute atomic E-state index is 0. The molecule has 0 N–H and O–H groups in total. The molecule has 0 saturated heterocycles. The maximum absolute atomic E-state index is 4.61. The van der Waals surface area contributed by atoms with Gasteiger partial charge in [0.2, 0.25) is 0 Å². The molecule has 0 heterocycles. The monoisotopic (exact) mass is 505 g/mol. The Labute approximate surface area is 240 Å². The van der Waals surface area contributed by atoms with Crippen LogP contribution in [0.1, 0.15) is 182 Å². The molecule has 208 valence electrons. The van der Waals surface area contributed by atoms with Gasteiger partial charge < -0.3 is 10.6 Å². The molecule has 0 aromatic rings. The Balaban J connectivity index is -0.000000569. The van der Waals surface area contributed by atoms with E-state index in [9.17, 15) is 0 Å². The smallest absolute Gasteiger partial charge is 0.662 e. The number of hydrogen-bond acceptors (Lipinski definition) is 0. The fraction of sp³-hybridized carbons (Fsp3) is 1.00. The molecule has 0 atom stereocenters. The van der Waals surface area contributed by atoms with E-state index in [1.54, 1.807) is 0 Å². The third kappa shape index (κ3) is 45.0. The summed E-state index contributed by atoms with van der Waals surface area (Å²) in [5, 5.41) is 9.21. The van der Waals surface area contributed by atoms with E-state index in [4.69, 9.17) is 0 Å². The third-order valence-corrected chi connectivity index (χ3v) is 6.68. The zero-order valence-corrected chi connectivity index (χ0v) is 26.8. The first kappa shape index (κ1) is 40.2. The van der Waals surface area contributed by atoms with Crippen LogP contribution < -0.4 is 0 Å². The fourth-order valence-corrected chi connectivity index (χ4v) is 4.24. The van der Waals surface area contributed by atoms with Crippen LogP contribution in [-0.4, -0.2) is 49.2 Å². The molecule has 2 nitrogen and oxygen atoms in total. The van der Waals surface area contributed by atoms with Gasteiger partial charge in [0.05, 0.1) is 0 Å². The predicted octanol–water partition coefficient (Wildman–Crippen LogP) is 11.8. The Morgan fingerprint density at radius 1 is 0.257 bits per heavy atom. The molecular weight excluding hydrogens is 437 g/mol. The maximum Gasteiger partial charge on any atom is 2.00 e. The van der Waals surface area contributed by atoms with E-state index in [1.807, 2.05) is 0 Å². The molecule has 0 aliphatic heterocycles. The summed E-state index contributed by atoms with van der Waals surface area (Å²) in [5.74, 6) is 0. The van der Waals surface area contributed by atoms with Crippen molar-refractivity contribution in [2.24, 2.45) is 0 Å². The summed E-state index contributed by atoms with van der Waals surface area (Å²) >= 11 is 0. The Hall–Kier alpha value is 0.686.